The van der Waals surface area contributed by atoms with Crippen LogP contribution in [0.15, 0.2) is 176 Å². The number of thiophene rings is 1. The highest BCUT2D eigenvalue weighted by Crippen LogP contribution is 2.44. The maximum atomic E-state index is 9.91. The minimum Gasteiger partial charge on any atom is -0.308 e. The summed E-state index contributed by atoms with van der Waals surface area (Å²) in [5.41, 5.74) is 8.56. The molecule has 0 saturated carbocycles. The van der Waals surface area contributed by atoms with Gasteiger partial charge in [0.25, 0.3) is 0 Å². The molecule has 0 saturated heterocycles. The molecular formula is C52H29N7S. The topological polar surface area (TPSA) is 77.2 Å². The fraction of sp³-hybridized carbons (Fsp3) is 0. The van der Waals surface area contributed by atoms with E-state index in [-0.39, 0.29) is 0 Å². The molecule has 0 radical (unpaired) electrons. The zero-order valence-corrected chi connectivity index (χ0v) is 32.6. The largest absolute Gasteiger partial charge is 0.308 e. The third-order valence-electron chi connectivity index (χ3n) is 12.0. The molecule has 0 aliphatic rings. The van der Waals surface area contributed by atoms with Gasteiger partial charge in [0.2, 0.25) is 11.9 Å². The summed E-state index contributed by atoms with van der Waals surface area (Å²) in [6.45, 7) is 0. The molecule has 0 spiro atoms. The second-order valence-electron chi connectivity index (χ2n) is 15.1. The quantitative estimate of drug-likeness (QED) is 0.178. The molecule has 278 valence electrons. The summed E-state index contributed by atoms with van der Waals surface area (Å²) >= 11 is 1.83. The Morgan fingerprint density at radius 1 is 0.417 bits per heavy atom. The van der Waals surface area contributed by atoms with E-state index in [1.165, 1.54) is 30.9 Å². The first kappa shape index (κ1) is 32.9. The van der Waals surface area contributed by atoms with Gasteiger partial charge in [0, 0.05) is 58.1 Å². The standard InChI is InChI=1S/C52H29N7S/c53-30-31-25-27-45-39(29-31)35-16-4-10-22-43(35)59(45)52-55-50(54-51(56-52)58-41-20-8-1-13-32(41)33-14-2-9-21-42(33)58)37-17-5-11-23-44(37)57-40-19-7-3-15-34(40)36-26-28-47-48(49(36)57)38-18-6-12-24-46(38)60-47/h1-29H. The summed E-state index contributed by atoms with van der Waals surface area (Å²) in [6, 6.07) is 63.6. The summed E-state index contributed by atoms with van der Waals surface area (Å²) in [4.78, 5) is 16.3. The fourth-order valence-electron chi connectivity index (χ4n) is 9.44. The second kappa shape index (κ2) is 12.4. The number of nitrogens with zero attached hydrogens (tertiary/aromatic N) is 7. The summed E-state index contributed by atoms with van der Waals surface area (Å²) < 4.78 is 9.18. The van der Waals surface area contributed by atoms with Crippen LogP contribution in [0.4, 0.5) is 0 Å². The SMILES string of the molecule is N#Cc1ccc2c(c1)c1ccccc1n2-c1nc(-c2ccccc2-n2c3ccccc3c3ccc4sc5ccccc5c4c32)nc(-n2c3ccccc3c3ccccc32)n1. The van der Waals surface area contributed by atoms with Crippen molar-refractivity contribution in [3.63, 3.8) is 0 Å². The van der Waals surface area contributed by atoms with Crippen molar-refractivity contribution >= 4 is 96.9 Å². The molecule has 5 heterocycles. The van der Waals surface area contributed by atoms with Crippen molar-refractivity contribution in [3.05, 3.63) is 181 Å². The lowest BCUT2D eigenvalue weighted by molar-refractivity contribution is 0.892. The number of rotatable bonds is 4. The van der Waals surface area contributed by atoms with Gasteiger partial charge in [0.05, 0.1) is 50.4 Å². The third kappa shape index (κ3) is 4.55. The lowest BCUT2D eigenvalue weighted by Gasteiger charge is -2.16. The van der Waals surface area contributed by atoms with E-state index in [1.807, 2.05) is 41.7 Å². The predicted molar refractivity (Wildman–Crippen MR) is 246 cm³/mol. The van der Waals surface area contributed by atoms with Crippen LogP contribution in [0.25, 0.3) is 115 Å². The smallest absolute Gasteiger partial charge is 0.240 e. The molecule has 13 aromatic rings. The maximum absolute atomic E-state index is 9.91. The van der Waals surface area contributed by atoms with Gasteiger partial charge in [-0.3, -0.25) is 9.13 Å². The van der Waals surface area contributed by atoms with E-state index in [2.05, 4.69) is 165 Å². The van der Waals surface area contributed by atoms with Gasteiger partial charge in [-0.15, -0.1) is 11.3 Å². The molecule has 7 nitrogen and oxygen atoms in total. The second-order valence-corrected chi connectivity index (χ2v) is 16.2. The van der Waals surface area contributed by atoms with Crippen molar-refractivity contribution in [3.8, 4) is 35.0 Å². The van der Waals surface area contributed by atoms with Gasteiger partial charge in [-0.1, -0.05) is 109 Å². The fourth-order valence-corrected chi connectivity index (χ4v) is 10.6. The first-order chi connectivity index (χ1) is 29.7. The third-order valence-corrected chi connectivity index (χ3v) is 13.1. The Hall–Kier alpha value is -8.12. The highest BCUT2D eigenvalue weighted by atomic mass is 32.1. The normalized spacial score (nSPS) is 12.0. The van der Waals surface area contributed by atoms with Gasteiger partial charge < -0.3 is 4.57 Å². The van der Waals surface area contributed by atoms with Gasteiger partial charge in [-0.05, 0) is 66.7 Å². The number of hydrogen-bond acceptors (Lipinski definition) is 5. The molecule has 60 heavy (non-hydrogen) atoms. The maximum Gasteiger partial charge on any atom is 0.240 e. The van der Waals surface area contributed by atoms with Crippen LogP contribution in [0.1, 0.15) is 5.56 Å². The van der Waals surface area contributed by atoms with E-state index >= 15 is 0 Å². The number of para-hydroxylation sites is 5. The first-order valence-corrected chi connectivity index (χ1v) is 20.7. The van der Waals surface area contributed by atoms with E-state index in [4.69, 9.17) is 15.0 Å². The van der Waals surface area contributed by atoms with Crippen LogP contribution < -0.4 is 0 Å². The van der Waals surface area contributed by atoms with Crippen LogP contribution >= 0.6 is 11.3 Å². The Kier molecular flexibility index (Phi) is 6.82. The number of aromatic nitrogens is 6. The molecule has 0 N–H and O–H groups in total. The molecule has 0 atom stereocenters. The van der Waals surface area contributed by atoms with E-state index in [0.717, 1.165) is 65.9 Å². The molecule has 0 aliphatic heterocycles. The van der Waals surface area contributed by atoms with Gasteiger partial charge in [-0.25, -0.2) is 0 Å². The minimum atomic E-state index is 0.482. The van der Waals surface area contributed by atoms with Crippen molar-refractivity contribution in [1.29, 1.82) is 5.26 Å². The number of fused-ring (bicyclic) bond motifs is 13. The lowest BCUT2D eigenvalue weighted by atomic mass is 10.1. The van der Waals surface area contributed by atoms with Crippen LogP contribution in [-0.4, -0.2) is 28.7 Å². The summed E-state index contributed by atoms with van der Waals surface area (Å²) in [7, 11) is 0. The average Bonchev–Trinajstić information content (AvgIpc) is 4.05. The van der Waals surface area contributed by atoms with Crippen molar-refractivity contribution in [1.82, 2.24) is 28.7 Å². The van der Waals surface area contributed by atoms with E-state index in [0.29, 0.717) is 23.3 Å². The summed E-state index contributed by atoms with van der Waals surface area (Å²) in [5.74, 6) is 1.53. The number of hydrogen-bond donors (Lipinski definition) is 0. The van der Waals surface area contributed by atoms with Crippen molar-refractivity contribution < 1.29 is 0 Å². The molecule has 0 bridgehead atoms. The zero-order valence-electron chi connectivity index (χ0n) is 31.8. The Morgan fingerprint density at radius 3 is 1.58 bits per heavy atom. The van der Waals surface area contributed by atoms with Gasteiger partial charge in [-0.2, -0.15) is 20.2 Å². The Morgan fingerprint density at radius 2 is 0.933 bits per heavy atom. The van der Waals surface area contributed by atoms with Crippen LogP contribution in [0.2, 0.25) is 0 Å². The van der Waals surface area contributed by atoms with E-state index in [1.54, 1.807) is 0 Å². The van der Waals surface area contributed by atoms with E-state index < -0.39 is 0 Å². The first-order valence-electron chi connectivity index (χ1n) is 19.8. The van der Waals surface area contributed by atoms with Crippen LogP contribution in [0.5, 0.6) is 0 Å². The van der Waals surface area contributed by atoms with Crippen LogP contribution in [0.3, 0.4) is 0 Å². The van der Waals surface area contributed by atoms with E-state index in [9.17, 15) is 5.26 Å². The summed E-state index contributed by atoms with van der Waals surface area (Å²) in [5, 5.41) is 19.0. The van der Waals surface area contributed by atoms with Crippen LogP contribution in [0, 0.1) is 11.3 Å². The molecule has 0 fully saturated rings. The van der Waals surface area contributed by atoms with Gasteiger partial charge in [0.15, 0.2) is 5.82 Å². The molecule has 13 rings (SSSR count). The molecule has 8 heteroatoms. The molecule has 5 aromatic heterocycles. The number of benzene rings is 8. The van der Waals surface area contributed by atoms with Crippen molar-refractivity contribution in [2.45, 2.75) is 0 Å². The van der Waals surface area contributed by atoms with Crippen molar-refractivity contribution in [2.75, 3.05) is 0 Å². The number of nitriles is 1. The van der Waals surface area contributed by atoms with Crippen molar-refractivity contribution in [2.24, 2.45) is 0 Å². The lowest BCUT2D eigenvalue weighted by Crippen LogP contribution is -2.11. The molecular weight excluding hydrogens is 755 g/mol. The summed E-state index contributed by atoms with van der Waals surface area (Å²) in [6.07, 6.45) is 0. The predicted octanol–water partition coefficient (Wildman–Crippen LogP) is 13.1. The van der Waals surface area contributed by atoms with Crippen LogP contribution in [-0.2, 0) is 0 Å². The Bertz CT molecular complexity index is 3930. The monoisotopic (exact) mass is 783 g/mol. The Balaban J connectivity index is 1.17. The van der Waals surface area contributed by atoms with Gasteiger partial charge in [0.1, 0.15) is 0 Å². The highest BCUT2D eigenvalue weighted by molar-refractivity contribution is 7.26. The molecule has 0 amide bonds. The highest BCUT2D eigenvalue weighted by Gasteiger charge is 2.24. The molecule has 0 unspecified atom stereocenters. The van der Waals surface area contributed by atoms with Gasteiger partial charge >= 0.3 is 0 Å². The minimum absolute atomic E-state index is 0.482. The zero-order chi connectivity index (χ0) is 39.5. The molecule has 0 aliphatic carbocycles. The average molecular weight is 784 g/mol. The Labute approximate surface area is 345 Å². The molecule has 8 aromatic carbocycles.